The molecule has 0 saturated carbocycles. The first-order valence-corrected chi connectivity index (χ1v) is 10.7. The van der Waals surface area contributed by atoms with E-state index in [0.29, 0.717) is 11.3 Å². The van der Waals surface area contributed by atoms with E-state index < -0.39 is 28.9 Å². The number of benzene rings is 2. The molecule has 0 spiro atoms. The SMILES string of the molecule is CN1C(=O)[C@@](NC(=O)OC(C)(C)C)(OOC(C)(C)c2ccccc2)c2cc(Br)ccc21. The highest BCUT2D eigenvalue weighted by molar-refractivity contribution is 9.10. The third-order valence-corrected chi connectivity index (χ3v) is 5.32. The van der Waals surface area contributed by atoms with Crippen LogP contribution in [-0.2, 0) is 30.6 Å². The molecular weight excluding hydrogens is 464 g/mol. The van der Waals surface area contributed by atoms with Gasteiger partial charge in [-0.2, -0.15) is 4.89 Å². The van der Waals surface area contributed by atoms with E-state index in [2.05, 4.69) is 21.2 Å². The zero-order chi connectivity index (χ0) is 23.0. The monoisotopic (exact) mass is 490 g/mol. The van der Waals surface area contributed by atoms with Crippen molar-refractivity contribution in [1.29, 1.82) is 0 Å². The van der Waals surface area contributed by atoms with Gasteiger partial charge in [-0.1, -0.05) is 46.3 Å². The van der Waals surface area contributed by atoms with Crippen molar-refractivity contribution in [2.75, 3.05) is 11.9 Å². The van der Waals surface area contributed by atoms with Crippen molar-refractivity contribution < 1.29 is 24.1 Å². The highest BCUT2D eigenvalue weighted by Gasteiger charge is 2.55. The summed E-state index contributed by atoms with van der Waals surface area (Å²) in [5.41, 5.74) is -1.71. The van der Waals surface area contributed by atoms with E-state index in [1.165, 1.54) is 4.90 Å². The molecule has 0 saturated heterocycles. The minimum Gasteiger partial charge on any atom is -0.444 e. The lowest BCUT2D eigenvalue weighted by atomic mass is 9.99. The minimum atomic E-state index is -1.91. The summed E-state index contributed by atoms with van der Waals surface area (Å²) in [6.45, 7) is 8.84. The Hall–Kier alpha value is -2.42. The van der Waals surface area contributed by atoms with Crippen LogP contribution in [0, 0.1) is 0 Å². The summed E-state index contributed by atoms with van der Waals surface area (Å²) >= 11 is 3.43. The number of carbonyl (C=O) groups excluding carboxylic acids is 2. The maximum Gasteiger partial charge on any atom is 0.410 e. The number of anilines is 1. The predicted octanol–water partition coefficient (Wildman–Crippen LogP) is 4.99. The Kier molecular flexibility index (Phi) is 6.19. The van der Waals surface area contributed by atoms with Crippen LogP contribution in [0.4, 0.5) is 10.5 Å². The number of nitrogens with one attached hydrogen (secondary N) is 1. The van der Waals surface area contributed by atoms with E-state index in [4.69, 9.17) is 14.5 Å². The van der Waals surface area contributed by atoms with Crippen LogP contribution in [0.3, 0.4) is 0 Å². The summed E-state index contributed by atoms with van der Waals surface area (Å²) in [7, 11) is 1.61. The van der Waals surface area contributed by atoms with Gasteiger partial charge < -0.3 is 9.64 Å². The molecule has 2 aromatic rings. The van der Waals surface area contributed by atoms with Gasteiger partial charge in [-0.25, -0.2) is 9.68 Å². The average Bonchev–Trinajstić information content (AvgIpc) is 2.87. The number of carbonyl (C=O) groups is 2. The number of hydrogen-bond donors (Lipinski definition) is 1. The van der Waals surface area contributed by atoms with Crippen molar-refractivity contribution in [2.24, 2.45) is 0 Å². The average molecular weight is 491 g/mol. The van der Waals surface area contributed by atoms with Gasteiger partial charge in [0.2, 0.25) is 0 Å². The number of nitrogens with zero attached hydrogens (tertiary/aromatic N) is 1. The number of rotatable bonds is 5. The molecule has 0 fully saturated rings. The molecule has 1 atom stereocenters. The molecule has 166 valence electrons. The highest BCUT2D eigenvalue weighted by Crippen LogP contribution is 2.43. The fraction of sp³-hybridized carbons (Fsp3) is 0.391. The lowest BCUT2D eigenvalue weighted by molar-refractivity contribution is -0.409. The van der Waals surface area contributed by atoms with Crippen LogP contribution < -0.4 is 10.2 Å². The lowest BCUT2D eigenvalue weighted by Gasteiger charge is -2.33. The molecule has 7 nitrogen and oxygen atoms in total. The van der Waals surface area contributed by atoms with Crippen molar-refractivity contribution in [2.45, 2.75) is 51.5 Å². The minimum absolute atomic E-state index is 0.434. The number of likely N-dealkylation sites (N-methyl/N-ethyl adjacent to an activating group) is 1. The predicted molar refractivity (Wildman–Crippen MR) is 120 cm³/mol. The lowest BCUT2D eigenvalue weighted by Crippen LogP contribution is -2.56. The maximum atomic E-state index is 13.4. The summed E-state index contributed by atoms with van der Waals surface area (Å²) < 4.78 is 6.12. The van der Waals surface area contributed by atoms with Crippen molar-refractivity contribution in [3.05, 3.63) is 64.1 Å². The topological polar surface area (TPSA) is 77.1 Å². The second-order valence-electron chi connectivity index (χ2n) is 8.88. The molecule has 1 heterocycles. The van der Waals surface area contributed by atoms with Crippen LogP contribution in [0.5, 0.6) is 0 Å². The summed E-state index contributed by atoms with van der Waals surface area (Å²) in [5, 5.41) is 2.62. The van der Waals surface area contributed by atoms with E-state index in [9.17, 15) is 9.59 Å². The summed E-state index contributed by atoms with van der Waals surface area (Å²) in [6, 6.07) is 14.7. The summed E-state index contributed by atoms with van der Waals surface area (Å²) in [5.74, 6) is -0.504. The van der Waals surface area contributed by atoms with E-state index in [1.54, 1.807) is 46.0 Å². The molecule has 1 aliphatic heterocycles. The number of alkyl carbamates (subject to hydrolysis) is 1. The van der Waals surface area contributed by atoms with Gasteiger partial charge in [0.1, 0.15) is 11.2 Å². The Balaban J connectivity index is 2.01. The first-order chi connectivity index (χ1) is 14.4. The zero-order valence-electron chi connectivity index (χ0n) is 18.5. The molecule has 31 heavy (non-hydrogen) atoms. The van der Waals surface area contributed by atoms with Crippen molar-refractivity contribution in [3.8, 4) is 0 Å². The standard InChI is InChI=1S/C23H27BrN2O5/c1-21(2,3)29-20(28)25-23(31-30-22(4,5)15-10-8-7-9-11-15)17-14-16(24)12-13-18(17)26(6)19(23)27/h7-14H,1-6H3,(H,25,28)/t23-/m0/s1. The third-order valence-electron chi connectivity index (χ3n) is 4.83. The molecule has 8 heteroatoms. The van der Waals surface area contributed by atoms with Crippen molar-refractivity contribution in [1.82, 2.24) is 5.32 Å². The summed E-state index contributed by atoms with van der Waals surface area (Å²) in [4.78, 5) is 39.2. The number of fused-ring (bicyclic) bond motifs is 1. The first-order valence-electron chi connectivity index (χ1n) is 9.87. The molecule has 0 aliphatic carbocycles. The molecule has 1 aliphatic rings. The molecule has 0 unspecified atom stereocenters. The number of hydrogen-bond acceptors (Lipinski definition) is 5. The molecule has 2 aromatic carbocycles. The largest absolute Gasteiger partial charge is 0.444 e. The van der Waals surface area contributed by atoms with Crippen LogP contribution in [0.25, 0.3) is 0 Å². The van der Waals surface area contributed by atoms with Gasteiger partial charge in [-0.15, -0.1) is 0 Å². The normalized spacial score (nSPS) is 18.7. The fourth-order valence-electron chi connectivity index (χ4n) is 3.27. The van der Waals surface area contributed by atoms with Crippen LogP contribution >= 0.6 is 15.9 Å². The third kappa shape index (κ3) is 4.76. The molecule has 2 amide bonds. The molecule has 0 bridgehead atoms. The van der Waals surface area contributed by atoms with E-state index >= 15 is 0 Å². The van der Waals surface area contributed by atoms with Gasteiger partial charge in [-0.05, 0) is 58.4 Å². The number of amides is 2. The van der Waals surface area contributed by atoms with Crippen molar-refractivity contribution >= 4 is 33.6 Å². The Morgan fingerprint density at radius 2 is 1.71 bits per heavy atom. The second-order valence-corrected chi connectivity index (χ2v) is 9.79. The van der Waals surface area contributed by atoms with Gasteiger partial charge in [-0.3, -0.25) is 10.1 Å². The molecule has 0 radical (unpaired) electrons. The van der Waals surface area contributed by atoms with Gasteiger partial charge in [0.15, 0.2) is 0 Å². The molecular formula is C23H27BrN2O5. The zero-order valence-corrected chi connectivity index (χ0v) is 20.1. The van der Waals surface area contributed by atoms with E-state index in [0.717, 1.165) is 10.0 Å². The first kappa shape index (κ1) is 23.2. The summed E-state index contributed by atoms with van der Waals surface area (Å²) in [6.07, 6.45) is -0.803. The van der Waals surface area contributed by atoms with Gasteiger partial charge in [0.25, 0.3) is 11.6 Å². The van der Waals surface area contributed by atoms with Gasteiger partial charge in [0, 0.05) is 17.1 Å². The fourth-order valence-corrected chi connectivity index (χ4v) is 3.63. The maximum absolute atomic E-state index is 13.4. The van der Waals surface area contributed by atoms with Crippen LogP contribution in [0.2, 0.25) is 0 Å². The van der Waals surface area contributed by atoms with E-state index in [1.807, 2.05) is 44.2 Å². The number of ether oxygens (including phenoxy) is 1. The highest BCUT2D eigenvalue weighted by atomic mass is 79.9. The Morgan fingerprint density at radius 3 is 2.32 bits per heavy atom. The van der Waals surface area contributed by atoms with Crippen LogP contribution in [0.15, 0.2) is 53.0 Å². The second kappa shape index (κ2) is 8.26. The number of halogens is 1. The van der Waals surface area contributed by atoms with E-state index in [-0.39, 0.29) is 0 Å². The Bertz CT molecular complexity index is 987. The van der Waals surface area contributed by atoms with Gasteiger partial charge >= 0.3 is 6.09 Å². The smallest absolute Gasteiger partial charge is 0.410 e. The quantitative estimate of drug-likeness (QED) is 0.363. The molecule has 1 N–H and O–H groups in total. The molecule has 3 rings (SSSR count). The van der Waals surface area contributed by atoms with Crippen LogP contribution in [0.1, 0.15) is 45.7 Å². The van der Waals surface area contributed by atoms with Gasteiger partial charge in [0.05, 0.1) is 5.69 Å². The van der Waals surface area contributed by atoms with Crippen LogP contribution in [-0.4, -0.2) is 24.6 Å². The van der Waals surface area contributed by atoms with Crippen molar-refractivity contribution in [3.63, 3.8) is 0 Å². The Labute approximate surface area is 190 Å². The molecule has 0 aromatic heterocycles. The Morgan fingerprint density at radius 1 is 1.06 bits per heavy atom.